The van der Waals surface area contributed by atoms with Crippen molar-refractivity contribution in [2.75, 3.05) is 0 Å². The Hall–Kier alpha value is -2.30. The van der Waals surface area contributed by atoms with Crippen molar-refractivity contribution < 1.29 is 0 Å². The van der Waals surface area contributed by atoms with Crippen LogP contribution in [0.4, 0.5) is 0 Å². The van der Waals surface area contributed by atoms with Crippen molar-refractivity contribution in [3.63, 3.8) is 0 Å². The minimum atomic E-state index is -0.107. The number of rotatable bonds is 3. The molecule has 0 spiro atoms. The second-order valence-electron chi connectivity index (χ2n) is 5.29. The molecule has 0 aliphatic rings. The Labute approximate surface area is 124 Å². The highest BCUT2D eigenvalue weighted by atomic mass is 15.2. The van der Waals surface area contributed by atoms with Gasteiger partial charge in [-0.25, -0.2) is 5.43 Å². The summed E-state index contributed by atoms with van der Waals surface area (Å²) in [5.41, 5.74) is 9.27. The third kappa shape index (κ3) is 2.63. The van der Waals surface area contributed by atoms with Gasteiger partial charge in [0.05, 0.1) is 17.1 Å². The standard InChI is InChI=1S/C17H18N4/c1-11-8-12(2)10-13(9-11)16(21-18)14-4-3-5-15-17(14)20-7-6-19-15/h3-10,16,21H,18H2,1-2H3. The van der Waals surface area contributed by atoms with E-state index in [0.717, 1.165) is 22.2 Å². The average molecular weight is 278 g/mol. The first-order chi connectivity index (χ1) is 10.2. The first-order valence-electron chi connectivity index (χ1n) is 6.93. The first kappa shape index (κ1) is 13.7. The minimum absolute atomic E-state index is 0.107. The maximum Gasteiger partial charge on any atom is 0.0938 e. The summed E-state index contributed by atoms with van der Waals surface area (Å²) in [6.45, 7) is 4.18. The lowest BCUT2D eigenvalue weighted by molar-refractivity contribution is 0.639. The molecular formula is C17H18N4. The number of fused-ring (bicyclic) bond motifs is 1. The van der Waals surface area contributed by atoms with Gasteiger partial charge in [0.15, 0.2) is 0 Å². The SMILES string of the molecule is Cc1cc(C)cc(C(NN)c2cccc3nccnc23)c1. The number of benzene rings is 2. The van der Waals surface area contributed by atoms with Crippen LogP contribution in [-0.4, -0.2) is 9.97 Å². The van der Waals surface area contributed by atoms with Gasteiger partial charge in [-0.3, -0.25) is 15.8 Å². The van der Waals surface area contributed by atoms with Gasteiger partial charge in [0.1, 0.15) is 0 Å². The molecule has 0 amide bonds. The van der Waals surface area contributed by atoms with Crippen LogP contribution in [0.25, 0.3) is 11.0 Å². The Balaban J connectivity index is 2.18. The van der Waals surface area contributed by atoms with Crippen LogP contribution >= 0.6 is 0 Å². The fraction of sp³-hybridized carbons (Fsp3) is 0.176. The number of hydrogen-bond donors (Lipinski definition) is 2. The second kappa shape index (κ2) is 5.60. The Kier molecular flexibility index (Phi) is 3.64. The molecule has 3 N–H and O–H groups in total. The van der Waals surface area contributed by atoms with Gasteiger partial charge in [0.2, 0.25) is 0 Å². The fourth-order valence-electron chi connectivity index (χ4n) is 2.79. The van der Waals surface area contributed by atoms with E-state index in [-0.39, 0.29) is 6.04 Å². The summed E-state index contributed by atoms with van der Waals surface area (Å²) < 4.78 is 0. The fourth-order valence-corrected chi connectivity index (χ4v) is 2.79. The van der Waals surface area contributed by atoms with Gasteiger partial charge < -0.3 is 0 Å². The zero-order chi connectivity index (χ0) is 14.8. The number of aryl methyl sites for hydroxylation is 2. The molecule has 21 heavy (non-hydrogen) atoms. The van der Waals surface area contributed by atoms with Crippen LogP contribution in [0, 0.1) is 13.8 Å². The number of nitrogens with zero attached hydrogens (tertiary/aromatic N) is 2. The molecule has 0 fully saturated rings. The molecule has 1 heterocycles. The van der Waals surface area contributed by atoms with Gasteiger partial charge in [0.25, 0.3) is 0 Å². The molecule has 0 aliphatic heterocycles. The van der Waals surface area contributed by atoms with Gasteiger partial charge in [0, 0.05) is 18.0 Å². The molecule has 2 aromatic carbocycles. The van der Waals surface area contributed by atoms with Crippen molar-refractivity contribution in [1.82, 2.24) is 15.4 Å². The third-order valence-corrected chi connectivity index (χ3v) is 3.58. The van der Waals surface area contributed by atoms with E-state index in [1.54, 1.807) is 12.4 Å². The number of nitrogens with two attached hydrogens (primary N) is 1. The highest BCUT2D eigenvalue weighted by Crippen LogP contribution is 2.27. The molecule has 106 valence electrons. The van der Waals surface area contributed by atoms with E-state index in [9.17, 15) is 0 Å². The zero-order valence-corrected chi connectivity index (χ0v) is 12.2. The van der Waals surface area contributed by atoms with Gasteiger partial charge >= 0.3 is 0 Å². The summed E-state index contributed by atoms with van der Waals surface area (Å²) in [4.78, 5) is 8.82. The number of nitrogens with one attached hydrogen (secondary N) is 1. The number of hydrogen-bond acceptors (Lipinski definition) is 4. The van der Waals surface area contributed by atoms with E-state index in [2.05, 4.69) is 47.4 Å². The number of hydrazine groups is 1. The van der Waals surface area contributed by atoms with Crippen LogP contribution in [-0.2, 0) is 0 Å². The molecule has 0 saturated carbocycles. The normalized spacial score (nSPS) is 12.5. The molecule has 1 atom stereocenters. The second-order valence-corrected chi connectivity index (χ2v) is 5.29. The molecule has 0 aliphatic carbocycles. The van der Waals surface area contributed by atoms with Crippen LogP contribution in [0.1, 0.15) is 28.3 Å². The monoisotopic (exact) mass is 278 g/mol. The van der Waals surface area contributed by atoms with Crippen molar-refractivity contribution in [2.24, 2.45) is 5.84 Å². The molecular weight excluding hydrogens is 260 g/mol. The van der Waals surface area contributed by atoms with Crippen LogP contribution in [0.2, 0.25) is 0 Å². The smallest absolute Gasteiger partial charge is 0.0938 e. The van der Waals surface area contributed by atoms with Gasteiger partial charge in [-0.05, 0) is 25.5 Å². The molecule has 0 saturated heterocycles. The summed E-state index contributed by atoms with van der Waals surface area (Å²) in [5.74, 6) is 5.83. The zero-order valence-electron chi connectivity index (χ0n) is 12.2. The van der Waals surface area contributed by atoms with Gasteiger partial charge in [-0.1, -0.05) is 41.5 Å². The summed E-state index contributed by atoms with van der Waals surface area (Å²) >= 11 is 0. The molecule has 1 unspecified atom stereocenters. The molecule has 1 aromatic heterocycles. The highest BCUT2D eigenvalue weighted by Gasteiger charge is 2.16. The molecule has 3 rings (SSSR count). The molecule has 4 nitrogen and oxygen atoms in total. The number of para-hydroxylation sites is 1. The topological polar surface area (TPSA) is 63.8 Å². The van der Waals surface area contributed by atoms with Crippen LogP contribution in [0.5, 0.6) is 0 Å². The van der Waals surface area contributed by atoms with Gasteiger partial charge in [-0.15, -0.1) is 0 Å². The van der Waals surface area contributed by atoms with E-state index in [4.69, 9.17) is 5.84 Å². The lowest BCUT2D eigenvalue weighted by atomic mass is 9.95. The van der Waals surface area contributed by atoms with E-state index < -0.39 is 0 Å². The van der Waals surface area contributed by atoms with E-state index in [1.807, 2.05) is 18.2 Å². The number of aromatic nitrogens is 2. The summed E-state index contributed by atoms with van der Waals surface area (Å²) in [5, 5.41) is 0. The Morgan fingerprint density at radius 3 is 2.43 bits per heavy atom. The quantitative estimate of drug-likeness (QED) is 0.571. The molecule has 0 bridgehead atoms. The lowest BCUT2D eigenvalue weighted by Gasteiger charge is -2.19. The maximum absolute atomic E-state index is 5.83. The summed E-state index contributed by atoms with van der Waals surface area (Å²) in [6.07, 6.45) is 3.41. The van der Waals surface area contributed by atoms with Crippen molar-refractivity contribution in [3.8, 4) is 0 Å². The predicted molar refractivity (Wildman–Crippen MR) is 84.6 cm³/mol. The van der Waals surface area contributed by atoms with Crippen LogP contribution in [0.15, 0.2) is 48.8 Å². The van der Waals surface area contributed by atoms with Crippen molar-refractivity contribution in [1.29, 1.82) is 0 Å². The Morgan fingerprint density at radius 1 is 1.00 bits per heavy atom. The van der Waals surface area contributed by atoms with E-state index in [0.29, 0.717) is 0 Å². The summed E-state index contributed by atoms with van der Waals surface area (Å²) in [7, 11) is 0. The lowest BCUT2D eigenvalue weighted by Crippen LogP contribution is -2.29. The van der Waals surface area contributed by atoms with E-state index in [1.165, 1.54) is 11.1 Å². The molecule has 3 aromatic rings. The van der Waals surface area contributed by atoms with Crippen LogP contribution < -0.4 is 11.3 Å². The minimum Gasteiger partial charge on any atom is -0.271 e. The largest absolute Gasteiger partial charge is 0.271 e. The first-order valence-corrected chi connectivity index (χ1v) is 6.93. The van der Waals surface area contributed by atoms with Crippen LogP contribution in [0.3, 0.4) is 0 Å². The molecule has 0 radical (unpaired) electrons. The molecule has 4 heteroatoms. The predicted octanol–water partition coefficient (Wildman–Crippen LogP) is 2.80. The van der Waals surface area contributed by atoms with Crippen molar-refractivity contribution in [2.45, 2.75) is 19.9 Å². The Morgan fingerprint density at radius 2 is 1.71 bits per heavy atom. The van der Waals surface area contributed by atoms with Crippen molar-refractivity contribution >= 4 is 11.0 Å². The summed E-state index contributed by atoms with van der Waals surface area (Å²) in [6, 6.07) is 12.3. The van der Waals surface area contributed by atoms with Crippen molar-refractivity contribution in [3.05, 3.63) is 71.0 Å². The Bertz CT molecular complexity index is 757. The maximum atomic E-state index is 5.83. The van der Waals surface area contributed by atoms with Gasteiger partial charge in [-0.2, -0.15) is 0 Å². The average Bonchev–Trinajstić information content (AvgIpc) is 2.47. The van der Waals surface area contributed by atoms with E-state index >= 15 is 0 Å². The highest BCUT2D eigenvalue weighted by molar-refractivity contribution is 5.78. The third-order valence-electron chi connectivity index (χ3n) is 3.58.